The average Bonchev–Trinajstić information content (AvgIpc) is 2.48. The van der Waals surface area contributed by atoms with E-state index in [9.17, 15) is 13.2 Å². The van der Waals surface area contributed by atoms with E-state index >= 15 is 0 Å². The minimum absolute atomic E-state index is 0.0651. The SMILES string of the molecule is CC(C)CN(CCS(C)(=O)=O)C(=O)OCc1ccc(NC(C)C)cc1. The number of carbonyl (C=O) groups excluding carboxylic acids is 1. The van der Waals surface area contributed by atoms with Gasteiger partial charge in [-0.25, -0.2) is 13.2 Å². The number of benzene rings is 1. The van der Waals surface area contributed by atoms with Gasteiger partial charge in [0, 0.05) is 31.1 Å². The number of anilines is 1. The van der Waals surface area contributed by atoms with Crippen LogP contribution in [0.5, 0.6) is 0 Å². The maximum atomic E-state index is 12.3. The molecule has 0 bridgehead atoms. The maximum Gasteiger partial charge on any atom is 0.410 e. The molecule has 25 heavy (non-hydrogen) atoms. The number of rotatable bonds is 9. The second kappa shape index (κ2) is 9.65. The van der Waals surface area contributed by atoms with Crippen LogP contribution in [0, 0.1) is 5.92 Å². The zero-order valence-electron chi connectivity index (χ0n) is 15.8. The van der Waals surface area contributed by atoms with Crippen LogP contribution in [0.2, 0.25) is 0 Å². The minimum atomic E-state index is -3.13. The molecule has 0 spiro atoms. The van der Waals surface area contributed by atoms with Crippen molar-refractivity contribution in [1.29, 1.82) is 0 Å². The molecule has 0 aliphatic heterocycles. The van der Waals surface area contributed by atoms with E-state index in [4.69, 9.17) is 4.74 Å². The van der Waals surface area contributed by atoms with Gasteiger partial charge in [0.25, 0.3) is 0 Å². The van der Waals surface area contributed by atoms with Crippen molar-refractivity contribution in [1.82, 2.24) is 4.90 Å². The van der Waals surface area contributed by atoms with E-state index in [1.165, 1.54) is 11.2 Å². The largest absolute Gasteiger partial charge is 0.445 e. The normalized spacial score (nSPS) is 11.6. The molecular formula is C18H30N2O4S. The number of amides is 1. The van der Waals surface area contributed by atoms with Crippen LogP contribution in [0.25, 0.3) is 0 Å². The molecule has 7 heteroatoms. The number of nitrogens with one attached hydrogen (secondary N) is 1. The van der Waals surface area contributed by atoms with Crippen LogP contribution in [-0.2, 0) is 21.2 Å². The molecule has 0 aromatic heterocycles. The van der Waals surface area contributed by atoms with Crippen LogP contribution in [-0.4, -0.2) is 50.6 Å². The van der Waals surface area contributed by atoms with E-state index in [1.54, 1.807) is 0 Å². The topological polar surface area (TPSA) is 75.7 Å². The molecule has 1 rings (SSSR count). The van der Waals surface area contributed by atoms with Gasteiger partial charge in [-0.2, -0.15) is 0 Å². The highest BCUT2D eigenvalue weighted by Gasteiger charge is 2.18. The lowest BCUT2D eigenvalue weighted by Crippen LogP contribution is -2.38. The number of nitrogens with zero attached hydrogens (tertiary/aromatic N) is 1. The van der Waals surface area contributed by atoms with E-state index in [1.807, 2.05) is 38.1 Å². The van der Waals surface area contributed by atoms with Crippen LogP contribution in [0.1, 0.15) is 33.3 Å². The molecule has 1 aromatic carbocycles. The van der Waals surface area contributed by atoms with Crippen molar-refractivity contribution in [3.05, 3.63) is 29.8 Å². The Labute approximate surface area is 151 Å². The summed E-state index contributed by atoms with van der Waals surface area (Å²) >= 11 is 0. The molecule has 0 unspecified atom stereocenters. The predicted octanol–water partition coefficient (Wildman–Crippen LogP) is 3.15. The molecule has 1 aromatic rings. The molecule has 0 fully saturated rings. The fourth-order valence-corrected chi connectivity index (χ4v) is 2.79. The number of sulfone groups is 1. The average molecular weight is 371 g/mol. The standard InChI is InChI=1S/C18H30N2O4S/c1-14(2)12-20(10-11-25(5,22)23)18(21)24-13-16-6-8-17(9-7-16)19-15(3)4/h6-9,14-15,19H,10-13H2,1-5H3. The molecule has 0 aliphatic carbocycles. The van der Waals surface area contributed by atoms with Crippen molar-refractivity contribution in [3.63, 3.8) is 0 Å². The van der Waals surface area contributed by atoms with Crippen molar-refractivity contribution in [2.45, 2.75) is 40.3 Å². The van der Waals surface area contributed by atoms with Gasteiger partial charge < -0.3 is 15.0 Å². The van der Waals surface area contributed by atoms with Gasteiger partial charge in [0.1, 0.15) is 16.4 Å². The third kappa shape index (κ3) is 9.34. The van der Waals surface area contributed by atoms with Crippen molar-refractivity contribution >= 4 is 21.6 Å². The first-order valence-electron chi connectivity index (χ1n) is 8.51. The third-order valence-electron chi connectivity index (χ3n) is 3.35. The van der Waals surface area contributed by atoms with E-state index in [2.05, 4.69) is 19.2 Å². The van der Waals surface area contributed by atoms with Gasteiger partial charge in [0.15, 0.2) is 0 Å². The van der Waals surface area contributed by atoms with Crippen molar-refractivity contribution in [3.8, 4) is 0 Å². The van der Waals surface area contributed by atoms with Crippen molar-refractivity contribution < 1.29 is 17.9 Å². The Morgan fingerprint density at radius 1 is 1.16 bits per heavy atom. The summed E-state index contributed by atoms with van der Waals surface area (Å²) in [6, 6.07) is 8.04. The zero-order valence-corrected chi connectivity index (χ0v) is 16.6. The zero-order chi connectivity index (χ0) is 19.0. The summed E-state index contributed by atoms with van der Waals surface area (Å²) in [5, 5.41) is 3.29. The number of hydrogen-bond acceptors (Lipinski definition) is 5. The lowest BCUT2D eigenvalue weighted by molar-refractivity contribution is 0.0943. The predicted molar refractivity (Wildman–Crippen MR) is 102 cm³/mol. The molecular weight excluding hydrogens is 340 g/mol. The summed E-state index contributed by atoms with van der Waals surface area (Å²) in [7, 11) is -3.13. The molecule has 0 heterocycles. The number of hydrogen-bond donors (Lipinski definition) is 1. The van der Waals surface area contributed by atoms with E-state index < -0.39 is 15.9 Å². The second-order valence-electron chi connectivity index (χ2n) is 7.02. The summed E-state index contributed by atoms with van der Waals surface area (Å²) in [5.74, 6) is 0.165. The Balaban J connectivity index is 2.60. The highest BCUT2D eigenvalue weighted by Crippen LogP contribution is 2.12. The molecule has 0 aliphatic rings. The van der Waals surface area contributed by atoms with Gasteiger partial charge in [0.05, 0.1) is 5.75 Å². The summed E-state index contributed by atoms with van der Waals surface area (Å²) in [6.07, 6.45) is 0.681. The van der Waals surface area contributed by atoms with Crippen LogP contribution < -0.4 is 5.32 Å². The molecule has 6 nitrogen and oxygen atoms in total. The lowest BCUT2D eigenvalue weighted by Gasteiger charge is -2.23. The fourth-order valence-electron chi connectivity index (χ4n) is 2.24. The summed E-state index contributed by atoms with van der Waals surface area (Å²) in [4.78, 5) is 13.7. The highest BCUT2D eigenvalue weighted by atomic mass is 32.2. The van der Waals surface area contributed by atoms with Gasteiger partial charge in [-0.3, -0.25) is 0 Å². The third-order valence-corrected chi connectivity index (χ3v) is 4.27. The van der Waals surface area contributed by atoms with Crippen LogP contribution in [0.4, 0.5) is 10.5 Å². The summed E-state index contributed by atoms with van der Waals surface area (Å²) in [5.41, 5.74) is 1.90. The minimum Gasteiger partial charge on any atom is -0.445 e. The van der Waals surface area contributed by atoms with E-state index in [-0.39, 0.29) is 24.8 Å². The maximum absolute atomic E-state index is 12.3. The molecule has 0 saturated heterocycles. The van der Waals surface area contributed by atoms with Gasteiger partial charge >= 0.3 is 6.09 Å². The summed E-state index contributed by atoms with van der Waals surface area (Å²) < 4.78 is 28.0. The van der Waals surface area contributed by atoms with E-state index in [0.717, 1.165) is 11.3 Å². The number of carbonyl (C=O) groups is 1. The van der Waals surface area contributed by atoms with Gasteiger partial charge in [-0.1, -0.05) is 26.0 Å². The Morgan fingerprint density at radius 2 is 1.76 bits per heavy atom. The van der Waals surface area contributed by atoms with Crippen LogP contribution in [0.15, 0.2) is 24.3 Å². The van der Waals surface area contributed by atoms with E-state index in [0.29, 0.717) is 12.6 Å². The monoisotopic (exact) mass is 370 g/mol. The van der Waals surface area contributed by atoms with Crippen molar-refractivity contribution in [2.75, 3.05) is 30.4 Å². The lowest BCUT2D eigenvalue weighted by atomic mass is 10.2. The molecule has 142 valence electrons. The smallest absolute Gasteiger partial charge is 0.410 e. The molecule has 0 saturated carbocycles. The van der Waals surface area contributed by atoms with Crippen molar-refractivity contribution in [2.24, 2.45) is 5.92 Å². The Kier molecular flexibility index (Phi) is 8.22. The second-order valence-corrected chi connectivity index (χ2v) is 9.28. The van der Waals surface area contributed by atoms with Crippen LogP contribution in [0.3, 0.4) is 0 Å². The number of ether oxygens (including phenoxy) is 1. The van der Waals surface area contributed by atoms with Gasteiger partial charge in [-0.05, 0) is 37.5 Å². The molecule has 1 N–H and O–H groups in total. The van der Waals surface area contributed by atoms with Gasteiger partial charge in [-0.15, -0.1) is 0 Å². The highest BCUT2D eigenvalue weighted by molar-refractivity contribution is 7.90. The first-order chi connectivity index (χ1) is 11.6. The molecule has 0 radical (unpaired) electrons. The molecule has 1 amide bonds. The van der Waals surface area contributed by atoms with Crippen LogP contribution >= 0.6 is 0 Å². The Bertz CT molecular complexity index is 640. The fraction of sp³-hybridized carbons (Fsp3) is 0.611. The first kappa shape index (κ1) is 21.3. The Morgan fingerprint density at radius 3 is 2.24 bits per heavy atom. The first-order valence-corrected chi connectivity index (χ1v) is 10.6. The molecule has 0 atom stereocenters. The Hall–Kier alpha value is -1.76. The quantitative estimate of drug-likeness (QED) is 0.723. The summed E-state index contributed by atoms with van der Waals surface area (Å²) in [6.45, 7) is 8.85. The van der Waals surface area contributed by atoms with Gasteiger partial charge in [0.2, 0.25) is 0 Å².